The normalized spacial score (nSPS) is 17.0. The second-order valence-electron chi connectivity index (χ2n) is 11.6. The molecule has 1 fully saturated rings. The van der Waals surface area contributed by atoms with Crippen LogP contribution in [-0.2, 0) is 31.4 Å². The minimum Gasteiger partial charge on any atom is -0.463 e. The molecule has 12 heteroatoms. The van der Waals surface area contributed by atoms with E-state index in [2.05, 4.69) is 59.3 Å². The molecule has 1 heterocycles. The summed E-state index contributed by atoms with van der Waals surface area (Å²) in [6, 6.07) is 1.90. The summed E-state index contributed by atoms with van der Waals surface area (Å²) in [5.74, 6) is -0.274. The summed E-state index contributed by atoms with van der Waals surface area (Å²) in [6.45, 7) is 26.7. The quantitative estimate of drug-likeness (QED) is 0.123. The van der Waals surface area contributed by atoms with E-state index in [1.54, 1.807) is 6.92 Å². The summed E-state index contributed by atoms with van der Waals surface area (Å²) in [5, 5.41) is 7.57. The average molecular weight is 601 g/mol. The highest BCUT2D eigenvalue weighted by Gasteiger charge is 2.46. The van der Waals surface area contributed by atoms with E-state index in [1.165, 1.54) is 19.8 Å². The van der Waals surface area contributed by atoms with Gasteiger partial charge in [0.1, 0.15) is 6.61 Å². The molecular formula is C25H60O8Si4. The standard InChI is InChI=1S/C19H46O6Si4.C4H8O.C2H6O/c1-11-12-17-28(9,23-26(3,4)5)25-29(10,24-27(6,7)8)18-13-14-21-15-16-22-19(2)20;1-2-4-5-3-1;1-2-3/h11-18H2,1-10H3;1-4H2;3H,2H2,1H3. The topological polar surface area (TPSA) is 92.7 Å². The molecule has 0 aromatic heterocycles. The molecule has 2 atom stereocenters. The Morgan fingerprint density at radius 1 is 0.757 bits per heavy atom. The molecule has 224 valence electrons. The van der Waals surface area contributed by atoms with Crippen molar-refractivity contribution >= 4 is 39.7 Å². The lowest BCUT2D eigenvalue weighted by atomic mass is 10.4. The highest BCUT2D eigenvalue weighted by molar-refractivity contribution is 6.89. The van der Waals surface area contributed by atoms with Gasteiger partial charge in [0.05, 0.1) is 6.61 Å². The van der Waals surface area contributed by atoms with Crippen molar-refractivity contribution in [3.63, 3.8) is 0 Å². The zero-order valence-corrected chi connectivity index (χ0v) is 30.0. The largest absolute Gasteiger partial charge is 0.463 e. The molecule has 0 radical (unpaired) electrons. The Bertz CT molecular complexity index is 560. The van der Waals surface area contributed by atoms with Gasteiger partial charge in [-0.15, -0.1) is 0 Å². The van der Waals surface area contributed by atoms with Gasteiger partial charge < -0.3 is 31.7 Å². The van der Waals surface area contributed by atoms with Gasteiger partial charge in [-0.25, -0.2) is 0 Å². The highest BCUT2D eigenvalue weighted by Crippen LogP contribution is 2.30. The number of aliphatic hydroxyl groups is 1. The first-order valence-electron chi connectivity index (χ1n) is 14.0. The van der Waals surface area contributed by atoms with Gasteiger partial charge in [-0.05, 0) is 90.7 Å². The van der Waals surface area contributed by atoms with E-state index in [4.69, 9.17) is 31.7 Å². The number of carbonyl (C=O) groups excluding carboxylic acids is 1. The van der Waals surface area contributed by atoms with Gasteiger partial charge in [-0.3, -0.25) is 4.79 Å². The Hall–Kier alpha value is 0.0975. The fourth-order valence-corrected chi connectivity index (χ4v) is 22.4. The third kappa shape index (κ3) is 27.5. The molecule has 1 N–H and O–H groups in total. The summed E-state index contributed by atoms with van der Waals surface area (Å²) in [5.41, 5.74) is 0. The van der Waals surface area contributed by atoms with Crippen molar-refractivity contribution in [3.8, 4) is 0 Å². The first kappa shape index (κ1) is 39.2. The summed E-state index contributed by atoms with van der Waals surface area (Å²) < 4.78 is 35.7. The van der Waals surface area contributed by atoms with Gasteiger partial charge in [-0.1, -0.05) is 19.8 Å². The van der Waals surface area contributed by atoms with Crippen molar-refractivity contribution in [1.82, 2.24) is 0 Å². The first-order valence-corrected chi connectivity index (χ1v) is 25.9. The predicted molar refractivity (Wildman–Crippen MR) is 163 cm³/mol. The zero-order chi connectivity index (χ0) is 29.0. The van der Waals surface area contributed by atoms with Crippen molar-refractivity contribution in [3.05, 3.63) is 0 Å². The van der Waals surface area contributed by atoms with Crippen molar-refractivity contribution < 1.29 is 36.5 Å². The van der Waals surface area contributed by atoms with Crippen LogP contribution in [-0.4, -0.2) is 84.5 Å². The van der Waals surface area contributed by atoms with Gasteiger partial charge >= 0.3 is 23.1 Å². The smallest absolute Gasteiger partial charge is 0.315 e. The fraction of sp³-hybridized carbons (Fsp3) is 0.960. The third-order valence-corrected chi connectivity index (χ3v) is 19.1. The van der Waals surface area contributed by atoms with Crippen molar-refractivity contribution in [2.45, 2.75) is 117 Å². The summed E-state index contributed by atoms with van der Waals surface area (Å²) in [6.07, 6.45) is 5.70. The Balaban J connectivity index is 0. The molecule has 0 aromatic carbocycles. The Morgan fingerprint density at radius 3 is 1.57 bits per heavy atom. The second kappa shape index (κ2) is 20.9. The van der Waals surface area contributed by atoms with E-state index in [1.807, 2.05) is 0 Å². The molecule has 0 aliphatic carbocycles. The third-order valence-electron chi connectivity index (χ3n) is 4.74. The fourth-order valence-electron chi connectivity index (χ4n) is 3.85. The molecule has 1 aliphatic rings. The first-order chi connectivity index (χ1) is 17.0. The molecule has 1 saturated heterocycles. The van der Waals surface area contributed by atoms with Crippen LogP contribution in [0.1, 0.15) is 52.9 Å². The molecule has 37 heavy (non-hydrogen) atoms. The van der Waals surface area contributed by atoms with Crippen LogP contribution in [0.25, 0.3) is 0 Å². The maximum atomic E-state index is 10.8. The lowest BCUT2D eigenvalue weighted by molar-refractivity contribution is -0.142. The van der Waals surface area contributed by atoms with Crippen LogP contribution in [0.3, 0.4) is 0 Å². The van der Waals surface area contributed by atoms with E-state index in [0.717, 1.165) is 44.6 Å². The molecule has 0 amide bonds. The lowest BCUT2D eigenvalue weighted by Crippen LogP contribution is -2.58. The minimum atomic E-state index is -2.40. The van der Waals surface area contributed by atoms with Crippen LogP contribution < -0.4 is 0 Å². The van der Waals surface area contributed by atoms with Crippen molar-refractivity contribution in [1.29, 1.82) is 0 Å². The Labute approximate surface area is 232 Å². The van der Waals surface area contributed by atoms with Crippen LogP contribution in [0.4, 0.5) is 0 Å². The van der Waals surface area contributed by atoms with Crippen LogP contribution in [0, 0.1) is 0 Å². The molecular weight excluding hydrogens is 541 g/mol. The van der Waals surface area contributed by atoms with Gasteiger partial charge in [0.2, 0.25) is 0 Å². The molecule has 0 spiro atoms. The zero-order valence-electron chi connectivity index (χ0n) is 26.0. The van der Waals surface area contributed by atoms with E-state index >= 15 is 0 Å². The maximum absolute atomic E-state index is 10.8. The Morgan fingerprint density at radius 2 is 1.22 bits per heavy atom. The number of ether oxygens (including phenoxy) is 3. The number of rotatable bonds is 16. The maximum Gasteiger partial charge on any atom is 0.315 e. The number of carbonyl (C=O) groups is 1. The lowest BCUT2D eigenvalue weighted by Gasteiger charge is -2.43. The van der Waals surface area contributed by atoms with E-state index in [-0.39, 0.29) is 12.6 Å². The highest BCUT2D eigenvalue weighted by atomic mass is 28.5. The molecule has 0 saturated carbocycles. The number of unbranched alkanes of at least 4 members (excludes halogenated alkanes) is 1. The van der Waals surface area contributed by atoms with E-state index < -0.39 is 33.8 Å². The average Bonchev–Trinajstić information content (AvgIpc) is 3.29. The second-order valence-corrected chi connectivity index (χ2v) is 28.0. The van der Waals surface area contributed by atoms with E-state index in [0.29, 0.717) is 19.8 Å². The summed E-state index contributed by atoms with van der Waals surface area (Å²) in [7, 11) is -8.19. The van der Waals surface area contributed by atoms with Crippen molar-refractivity contribution in [2.75, 3.05) is 39.6 Å². The number of esters is 1. The number of aliphatic hydroxyl groups excluding tert-OH is 1. The minimum absolute atomic E-state index is 0.250. The molecule has 2 unspecified atom stereocenters. The van der Waals surface area contributed by atoms with Gasteiger partial charge in [0.15, 0.2) is 16.6 Å². The molecule has 0 aromatic rings. The monoisotopic (exact) mass is 600 g/mol. The van der Waals surface area contributed by atoms with Gasteiger partial charge in [0, 0.05) is 33.4 Å². The number of hydrogen-bond donors (Lipinski definition) is 1. The van der Waals surface area contributed by atoms with Crippen LogP contribution in [0.2, 0.25) is 64.5 Å². The molecule has 8 nitrogen and oxygen atoms in total. The SMILES string of the molecule is C1CCOC1.CCCC[Si](C)(O[Si](C)(C)C)O[Si](C)(CCCOCCOC(C)=O)O[Si](C)(C)C.CCO. The van der Waals surface area contributed by atoms with Gasteiger partial charge in [-0.2, -0.15) is 0 Å². The van der Waals surface area contributed by atoms with Crippen LogP contribution in [0.5, 0.6) is 0 Å². The predicted octanol–water partition coefficient (Wildman–Crippen LogP) is 6.42. The molecule has 1 rings (SSSR count). The van der Waals surface area contributed by atoms with E-state index in [9.17, 15) is 4.79 Å². The van der Waals surface area contributed by atoms with Crippen molar-refractivity contribution in [2.24, 2.45) is 0 Å². The molecule has 1 aliphatic heterocycles. The summed E-state index contributed by atoms with van der Waals surface area (Å²) >= 11 is 0. The summed E-state index contributed by atoms with van der Waals surface area (Å²) in [4.78, 5) is 10.8. The van der Waals surface area contributed by atoms with Crippen LogP contribution >= 0.6 is 0 Å². The Kier molecular flexibility index (Phi) is 22.2. The van der Waals surface area contributed by atoms with Gasteiger partial charge in [0.25, 0.3) is 0 Å². The molecule has 0 bridgehead atoms. The number of hydrogen-bond acceptors (Lipinski definition) is 8. The van der Waals surface area contributed by atoms with Crippen LogP contribution in [0.15, 0.2) is 0 Å².